The van der Waals surface area contributed by atoms with E-state index in [4.69, 9.17) is 4.74 Å². The number of rotatable bonds is 1. The van der Waals surface area contributed by atoms with Crippen LogP contribution in [0.2, 0.25) is 0 Å². The summed E-state index contributed by atoms with van der Waals surface area (Å²) >= 11 is 0. The van der Waals surface area contributed by atoms with Crippen LogP contribution in [0.5, 0.6) is 0 Å². The van der Waals surface area contributed by atoms with Gasteiger partial charge in [0.2, 0.25) is 0 Å². The maximum absolute atomic E-state index is 15.4. The fraction of sp³-hybridized carbons (Fsp3) is 0.440. The van der Waals surface area contributed by atoms with Crippen molar-refractivity contribution in [3.63, 3.8) is 0 Å². The zero-order valence-corrected chi connectivity index (χ0v) is 18.1. The number of nitriles is 1. The number of halogens is 1. The standard InChI is InChI=1S/C25H26FN3O2/c1-25(2,3)31-24(30)29-9-8-16-13-28(14-21(16)29)23-20(26)11-17(12-27)19-10-15-6-4-5-7-18(15)22(19)23/h4-7,11,16,21H,8-10,13-14H2,1-3H3. The van der Waals surface area contributed by atoms with Crippen LogP contribution >= 0.6 is 0 Å². The van der Waals surface area contributed by atoms with E-state index < -0.39 is 5.60 Å². The molecule has 2 fully saturated rings. The number of carbonyl (C=O) groups is 1. The summed E-state index contributed by atoms with van der Waals surface area (Å²) in [6, 6.07) is 11.5. The number of ether oxygens (including phenoxy) is 1. The minimum atomic E-state index is -0.544. The summed E-state index contributed by atoms with van der Waals surface area (Å²) in [5.41, 5.74) is 4.30. The third kappa shape index (κ3) is 3.23. The van der Waals surface area contributed by atoms with Crippen LogP contribution in [-0.4, -0.2) is 42.3 Å². The highest BCUT2D eigenvalue weighted by Crippen LogP contribution is 2.47. The van der Waals surface area contributed by atoms with E-state index in [1.807, 2.05) is 49.9 Å². The average molecular weight is 420 g/mol. The lowest BCUT2D eigenvalue weighted by Crippen LogP contribution is -2.42. The van der Waals surface area contributed by atoms with Gasteiger partial charge in [-0.2, -0.15) is 5.26 Å². The molecule has 5 rings (SSSR count). The summed E-state index contributed by atoms with van der Waals surface area (Å²) in [5, 5.41) is 9.59. The van der Waals surface area contributed by atoms with Crippen molar-refractivity contribution in [2.75, 3.05) is 24.5 Å². The van der Waals surface area contributed by atoms with Crippen LogP contribution in [0, 0.1) is 23.1 Å². The molecule has 2 heterocycles. The van der Waals surface area contributed by atoms with Gasteiger partial charge in [0.1, 0.15) is 11.4 Å². The summed E-state index contributed by atoms with van der Waals surface area (Å²) in [6.07, 6.45) is 1.24. The number of likely N-dealkylation sites (tertiary alicyclic amines) is 1. The number of hydrogen-bond acceptors (Lipinski definition) is 4. The van der Waals surface area contributed by atoms with E-state index in [2.05, 4.69) is 11.0 Å². The molecule has 0 saturated carbocycles. The molecular formula is C25H26FN3O2. The SMILES string of the molecule is CC(C)(C)OC(=O)N1CCC2CN(c3c(F)cc(C#N)c4c3-c3ccccc3C4)CC21. The molecule has 0 spiro atoms. The maximum atomic E-state index is 15.4. The number of nitrogens with zero attached hydrogens (tertiary/aromatic N) is 3. The van der Waals surface area contributed by atoms with Crippen molar-refractivity contribution in [3.05, 3.63) is 52.8 Å². The highest BCUT2D eigenvalue weighted by Gasteiger charge is 2.46. The van der Waals surface area contributed by atoms with Gasteiger partial charge in [-0.05, 0) is 49.9 Å². The Hall–Kier alpha value is -3.07. The highest BCUT2D eigenvalue weighted by atomic mass is 19.1. The second-order valence-corrected chi connectivity index (χ2v) is 9.75. The lowest BCUT2D eigenvalue weighted by atomic mass is 9.98. The molecule has 1 amide bonds. The predicted octanol–water partition coefficient (Wildman–Crippen LogP) is 4.71. The molecule has 0 aromatic heterocycles. The van der Waals surface area contributed by atoms with E-state index in [1.54, 1.807) is 0 Å². The quantitative estimate of drug-likeness (QED) is 0.573. The van der Waals surface area contributed by atoms with E-state index in [9.17, 15) is 10.1 Å². The minimum Gasteiger partial charge on any atom is -0.444 e. The number of benzene rings is 2. The first kappa shape index (κ1) is 19.9. The second-order valence-electron chi connectivity index (χ2n) is 9.75. The van der Waals surface area contributed by atoms with Crippen molar-refractivity contribution in [1.82, 2.24) is 4.90 Å². The Morgan fingerprint density at radius 3 is 2.77 bits per heavy atom. The van der Waals surface area contributed by atoms with Crippen molar-refractivity contribution in [2.45, 2.75) is 45.3 Å². The van der Waals surface area contributed by atoms with E-state index in [0.717, 1.165) is 28.7 Å². The van der Waals surface area contributed by atoms with Crippen molar-refractivity contribution in [2.24, 2.45) is 5.92 Å². The fourth-order valence-electron chi connectivity index (χ4n) is 5.36. The maximum Gasteiger partial charge on any atom is 0.410 e. The zero-order valence-electron chi connectivity index (χ0n) is 18.1. The first-order valence-electron chi connectivity index (χ1n) is 10.8. The largest absolute Gasteiger partial charge is 0.444 e. The van der Waals surface area contributed by atoms with Crippen molar-refractivity contribution < 1.29 is 13.9 Å². The topological polar surface area (TPSA) is 56.6 Å². The van der Waals surface area contributed by atoms with Crippen LogP contribution in [-0.2, 0) is 11.2 Å². The van der Waals surface area contributed by atoms with E-state index >= 15 is 4.39 Å². The van der Waals surface area contributed by atoms with Crippen LogP contribution in [0.4, 0.5) is 14.9 Å². The third-order valence-corrected chi connectivity index (χ3v) is 6.63. The number of anilines is 1. The van der Waals surface area contributed by atoms with Gasteiger partial charge in [0.15, 0.2) is 0 Å². The molecule has 0 N–H and O–H groups in total. The molecule has 5 nitrogen and oxygen atoms in total. The average Bonchev–Trinajstić information content (AvgIpc) is 3.38. The van der Waals surface area contributed by atoms with Crippen molar-refractivity contribution in [1.29, 1.82) is 5.26 Å². The molecule has 2 unspecified atom stereocenters. The number of amides is 1. The highest BCUT2D eigenvalue weighted by molar-refractivity contribution is 5.89. The van der Waals surface area contributed by atoms with Gasteiger partial charge < -0.3 is 14.5 Å². The summed E-state index contributed by atoms with van der Waals surface area (Å²) in [5.74, 6) is -0.0781. The Morgan fingerprint density at radius 1 is 1.26 bits per heavy atom. The zero-order chi connectivity index (χ0) is 21.9. The monoisotopic (exact) mass is 419 g/mol. The van der Waals surface area contributed by atoms with Gasteiger partial charge in [-0.15, -0.1) is 0 Å². The van der Waals surface area contributed by atoms with Crippen LogP contribution in [0.1, 0.15) is 43.9 Å². The molecule has 2 aromatic carbocycles. The molecule has 2 atom stereocenters. The second kappa shape index (κ2) is 6.98. The van der Waals surface area contributed by atoms with Gasteiger partial charge in [-0.1, -0.05) is 24.3 Å². The molecule has 0 bridgehead atoms. The van der Waals surface area contributed by atoms with Crippen molar-refractivity contribution >= 4 is 11.8 Å². The van der Waals surface area contributed by atoms with Gasteiger partial charge in [0.25, 0.3) is 0 Å². The Labute approximate surface area is 182 Å². The Morgan fingerprint density at radius 2 is 2.03 bits per heavy atom. The molecule has 160 valence electrons. The van der Waals surface area contributed by atoms with Crippen LogP contribution in [0.25, 0.3) is 11.1 Å². The summed E-state index contributed by atoms with van der Waals surface area (Å²) in [7, 11) is 0. The Kier molecular flexibility index (Phi) is 4.47. The molecule has 31 heavy (non-hydrogen) atoms. The van der Waals surface area contributed by atoms with Crippen molar-refractivity contribution in [3.8, 4) is 17.2 Å². The Balaban J connectivity index is 1.50. The first-order chi connectivity index (χ1) is 14.8. The van der Waals surface area contributed by atoms with Crippen LogP contribution < -0.4 is 4.90 Å². The fourth-order valence-corrected chi connectivity index (χ4v) is 5.36. The third-order valence-electron chi connectivity index (χ3n) is 6.63. The van der Waals surface area contributed by atoms with Crippen LogP contribution in [0.3, 0.4) is 0 Å². The van der Waals surface area contributed by atoms with Gasteiger partial charge in [-0.25, -0.2) is 9.18 Å². The lowest BCUT2D eigenvalue weighted by molar-refractivity contribution is 0.0229. The number of carbonyl (C=O) groups excluding carboxylic acids is 1. The molecule has 3 aliphatic rings. The lowest BCUT2D eigenvalue weighted by Gasteiger charge is -2.29. The molecule has 2 aliphatic heterocycles. The minimum absolute atomic E-state index is 0.0113. The van der Waals surface area contributed by atoms with Crippen LogP contribution in [0.15, 0.2) is 30.3 Å². The molecule has 0 radical (unpaired) electrons. The van der Waals surface area contributed by atoms with E-state index in [0.29, 0.717) is 37.3 Å². The number of fused-ring (bicyclic) bond motifs is 4. The predicted molar refractivity (Wildman–Crippen MR) is 116 cm³/mol. The van der Waals surface area contributed by atoms with E-state index in [-0.39, 0.29) is 23.9 Å². The molecule has 2 saturated heterocycles. The van der Waals surface area contributed by atoms with Gasteiger partial charge in [0.05, 0.1) is 23.4 Å². The molecule has 1 aliphatic carbocycles. The van der Waals surface area contributed by atoms with Gasteiger partial charge in [0, 0.05) is 37.5 Å². The molecule has 2 aromatic rings. The molecule has 6 heteroatoms. The van der Waals surface area contributed by atoms with Gasteiger partial charge >= 0.3 is 6.09 Å². The summed E-state index contributed by atoms with van der Waals surface area (Å²) < 4.78 is 21.0. The van der Waals surface area contributed by atoms with E-state index in [1.165, 1.54) is 6.07 Å². The summed E-state index contributed by atoms with van der Waals surface area (Å²) in [6.45, 7) is 7.54. The smallest absolute Gasteiger partial charge is 0.410 e. The number of hydrogen-bond donors (Lipinski definition) is 0. The summed E-state index contributed by atoms with van der Waals surface area (Å²) in [4.78, 5) is 16.6. The Bertz CT molecular complexity index is 1110. The van der Waals surface area contributed by atoms with Gasteiger partial charge in [-0.3, -0.25) is 0 Å². The molecular weight excluding hydrogens is 393 g/mol. The first-order valence-corrected chi connectivity index (χ1v) is 10.8. The normalized spacial score (nSPS) is 21.5.